The van der Waals surface area contributed by atoms with Crippen LogP contribution in [0.5, 0.6) is 5.75 Å². The Bertz CT molecular complexity index is 904. The molecule has 3 rings (SSSR count). The average Bonchev–Trinajstić information content (AvgIpc) is 3.01. The van der Waals surface area contributed by atoms with Gasteiger partial charge < -0.3 is 10.1 Å². The Balaban J connectivity index is 1.70. The Morgan fingerprint density at radius 1 is 1.16 bits per heavy atom. The van der Waals surface area contributed by atoms with Gasteiger partial charge in [0.25, 0.3) is 5.91 Å². The van der Waals surface area contributed by atoms with E-state index in [1.807, 2.05) is 0 Å². The van der Waals surface area contributed by atoms with Gasteiger partial charge in [-0.2, -0.15) is 5.10 Å². The highest BCUT2D eigenvalue weighted by Gasteiger charge is 2.31. The van der Waals surface area contributed by atoms with Crippen molar-refractivity contribution in [3.8, 4) is 5.75 Å². The number of carbonyl (C=O) groups excluding carboxylic acids is 1. The minimum absolute atomic E-state index is 0.0949. The third-order valence-electron chi connectivity index (χ3n) is 3.45. The predicted molar refractivity (Wildman–Crippen MR) is 80.3 cm³/mol. The zero-order valence-electron chi connectivity index (χ0n) is 12.5. The molecule has 1 heterocycles. The summed E-state index contributed by atoms with van der Waals surface area (Å²) in [5.74, 6) is -1.49. The van der Waals surface area contributed by atoms with E-state index in [2.05, 4.69) is 20.3 Å². The molecule has 0 atom stereocenters. The van der Waals surface area contributed by atoms with Crippen LogP contribution < -0.4 is 10.1 Å². The zero-order chi connectivity index (χ0) is 18.0. The van der Waals surface area contributed by atoms with Crippen LogP contribution in [0.3, 0.4) is 0 Å². The van der Waals surface area contributed by atoms with E-state index in [0.29, 0.717) is 10.9 Å². The predicted octanol–water partition coefficient (Wildman–Crippen LogP) is 3.53. The summed E-state index contributed by atoms with van der Waals surface area (Å²) >= 11 is 0. The fraction of sp³-hybridized carbons (Fsp3) is 0.125. The molecule has 0 spiro atoms. The van der Waals surface area contributed by atoms with Crippen molar-refractivity contribution in [3.05, 3.63) is 59.5 Å². The quantitative estimate of drug-likeness (QED) is 0.705. The van der Waals surface area contributed by atoms with Gasteiger partial charge in [0.15, 0.2) is 0 Å². The Morgan fingerprint density at radius 2 is 1.88 bits per heavy atom. The molecule has 9 heteroatoms. The van der Waals surface area contributed by atoms with Crippen molar-refractivity contribution in [1.82, 2.24) is 15.5 Å². The van der Waals surface area contributed by atoms with Crippen molar-refractivity contribution >= 4 is 16.8 Å². The molecule has 3 aromatic rings. The number of hydrogen-bond donors (Lipinski definition) is 2. The summed E-state index contributed by atoms with van der Waals surface area (Å²) < 4.78 is 54.0. The van der Waals surface area contributed by atoms with Gasteiger partial charge in [-0.05, 0) is 36.4 Å². The van der Waals surface area contributed by atoms with Gasteiger partial charge in [0.2, 0.25) is 0 Å². The largest absolute Gasteiger partial charge is 0.573 e. The van der Waals surface area contributed by atoms with Crippen LogP contribution in [-0.2, 0) is 6.54 Å². The molecule has 1 aromatic heterocycles. The number of H-pyrrole nitrogens is 1. The van der Waals surface area contributed by atoms with E-state index < -0.39 is 23.8 Å². The first-order valence-corrected chi connectivity index (χ1v) is 7.08. The van der Waals surface area contributed by atoms with E-state index in [0.717, 1.165) is 12.1 Å². The second kappa shape index (κ2) is 6.42. The highest BCUT2D eigenvalue weighted by Crippen LogP contribution is 2.23. The normalized spacial score (nSPS) is 11.5. The van der Waals surface area contributed by atoms with Gasteiger partial charge >= 0.3 is 6.36 Å². The maximum absolute atomic E-state index is 13.9. The van der Waals surface area contributed by atoms with Crippen molar-refractivity contribution in [1.29, 1.82) is 0 Å². The minimum atomic E-state index is -4.80. The first-order chi connectivity index (χ1) is 11.8. The molecular formula is C16H11F4N3O2. The smallest absolute Gasteiger partial charge is 0.406 e. The molecule has 0 aliphatic rings. The Hall–Kier alpha value is -3.10. The zero-order valence-corrected chi connectivity index (χ0v) is 12.5. The lowest BCUT2D eigenvalue weighted by Crippen LogP contribution is -2.23. The first-order valence-electron chi connectivity index (χ1n) is 7.08. The molecule has 5 nitrogen and oxygen atoms in total. The lowest BCUT2D eigenvalue weighted by molar-refractivity contribution is -0.274. The molecule has 2 N–H and O–H groups in total. The van der Waals surface area contributed by atoms with E-state index in [4.69, 9.17) is 0 Å². The Morgan fingerprint density at radius 3 is 2.56 bits per heavy atom. The third-order valence-corrected chi connectivity index (χ3v) is 3.45. The van der Waals surface area contributed by atoms with E-state index in [9.17, 15) is 22.4 Å². The van der Waals surface area contributed by atoms with Crippen LogP contribution in [0.4, 0.5) is 17.6 Å². The molecule has 0 saturated carbocycles. The van der Waals surface area contributed by atoms with Gasteiger partial charge in [-0.3, -0.25) is 9.89 Å². The number of carbonyl (C=O) groups is 1. The number of aromatic nitrogens is 2. The molecule has 1 amide bonds. The Labute approximate surface area is 138 Å². The number of halogens is 4. The number of amides is 1. The van der Waals surface area contributed by atoms with Crippen molar-refractivity contribution in [2.45, 2.75) is 12.9 Å². The van der Waals surface area contributed by atoms with Crippen LogP contribution in [0.1, 0.15) is 15.9 Å². The van der Waals surface area contributed by atoms with Gasteiger partial charge in [-0.1, -0.05) is 0 Å². The van der Waals surface area contributed by atoms with E-state index >= 15 is 0 Å². The summed E-state index contributed by atoms with van der Waals surface area (Å²) in [5.41, 5.74) is 1.00. The van der Waals surface area contributed by atoms with Gasteiger partial charge in [0.1, 0.15) is 11.6 Å². The summed E-state index contributed by atoms with van der Waals surface area (Å²) in [6, 6.07) is 7.21. The lowest BCUT2D eigenvalue weighted by atomic mass is 10.1. The fourth-order valence-corrected chi connectivity index (χ4v) is 2.31. The molecule has 0 bridgehead atoms. The molecule has 0 radical (unpaired) electrons. The SMILES string of the molecule is O=C(NCc1c(F)ccc2[nH]ncc12)c1ccc(OC(F)(F)F)cc1. The monoisotopic (exact) mass is 353 g/mol. The number of nitrogens with zero attached hydrogens (tertiary/aromatic N) is 1. The van der Waals surface area contributed by atoms with Gasteiger partial charge in [-0.15, -0.1) is 13.2 Å². The highest BCUT2D eigenvalue weighted by molar-refractivity contribution is 5.94. The molecule has 0 aliphatic carbocycles. The lowest BCUT2D eigenvalue weighted by Gasteiger charge is -2.10. The maximum atomic E-state index is 13.9. The fourth-order valence-electron chi connectivity index (χ4n) is 2.31. The van der Waals surface area contributed by atoms with Gasteiger partial charge in [-0.25, -0.2) is 4.39 Å². The summed E-state index contributed by atoms with van der Waals surface area (Å²) in [5, 5.41) is 9.57. The minimum Gasteiger partial charge on any atom is -0.406 e. The summed E-state index contributed by atoms with van der Waals surface area (Å²) in [7, 11) is 0. The molecule has 2 aromatic carbocycles. The van der Waals surface area contributed by atoms with E-state index in [-0.39, 0.29) is 17.7 Å². The number of hydrogen-bond acceptors (Lipinski definition) is 3. The highest BCUT2D eigenvalue weighted by atomic mass is 19.4. The summed E-state index contributed by atoms with van der Waals surface area (Å²) in [6.07, 6.45) is -3.35. The summed E-state index contributed by atoms with van der Waals surface area (Å²) in [6.45, 7) is -0.0949. The van der Waals surface area contributed by atoms with Crippen LogP contribution in [0, 0.1) is 5.82 Å². The van der Waals surface area contributed by atoms with Gasteiger partial charge in [0.05, 0.1) is 11.7 Å². The molecule has 0 aliphatic heterocycles. The van der Waals surface area contributed by atoms with Crippen molar-refractivity contribution in [3.63, 3.8) is 0 Å². The number of ether oxygens (including phenoxy) is 1. The molecular weight excluding hydrogens is 342 g/mol. The number of rotatable bonds is 4. The van der Waals surface area contributed by atoms with Crippen LogP contribution in [-0.4, -0.2) is 22.5 Å². The Kier molecular flexibility index (Phi) is 4.30. The topological polar surface area (TPSA) is 67.0 Å². The first kappa shape index (κ1) is 16.7. The van der Waals surface area contributed by atoms with Crippen LogP contribution in [0.2, 0.25) is 0 Å². The number of alkyl halides is 3. The van der Waals surface area contributed by atoms with E-state index in [1.54, 1.807) is 0 Å². The average molecular weight is 353 g/mol. The molecule has 25 heavy (non-hydrogen) atoms. The third kappa shape index (κ3) is 3.87. The molecule has 0 fully saturated rings. The number of fused-ring (bicyclic) bond motifs is 1. The second-order valence-electron chi connectivity index (χ2n) is 5.11. The van der Waals surface area contributed by atoms with Crippen LogP contribution in [0.25, 0.3) is 10.9 Å². The van der Waals surface area contributed by atoms with Crippen molar-refractivity contribution in [2.75, 3.05) is 0 Å². The number of benzene rings is 2. The second-order valence-corrected chi connectivity index (χ2v) is 5.11. The maximum Gasteiger partial charge on any atom is 0.573 e. The van der Waals surface area contributed by atoms with Crippen LogP contribution >= 0.6 is 0 Å². The van der Waals surface area contributed by atoms with Crippen molar-refractivity contribution in [2.24, 2.45) is 0 Å². The standard InChI is InChI=1S/C16H11F4N3O2/c17-13-5-6-14-12(8-22-23-14)11(13)7-21-15(24)9-1-3-10(4-2-9)25-16(18,19)20/h1-6,8H,7H2,(H,21,24)(H,22,23). The number of nitrogens with one attached hydrogen (secondary N) is 2. The van der Waals surface area contributed by atoms with Crippen LogP contribution in [0.15, 0.2) is 42.6 Å². The number of aromatic amines is 1. The molecule has 0 saturated heterocycles. The summed E-state index contributed by atoms with van der Waals surface area (Å²) in [4.78, 5) is 12.1. The molecule has 0 unspecified atom stereocenters. The van der Waals surface area contributed by atoms with E-state index in [1.165, 1.54) is 30.5 Å². The van der Waals surface area contributed by atoms with Crippen molar-refractivity contribution < 1.29 is 27.1 Å². The molecule has 130 valence electrons. The van der Waals surface area contributed by atoms with Gasteiger partial charge in [0, 0.05) is 23.1 Å².